The molecule has 0 aliphatic rings. The number of hydrogen-bond acceptors (Lipinski definition) is 3. The molecule has 0 atom stereocenters. The zero-order chi connectivity index (χ0) is 11.5. The number of allylic oxidation sites excluding steroid dienone is 4. The Morgan fingerprint density at radius 2 is 1.33 bits per heavy atom. The Labute approximate surface area is 89.4 Å². The molecular weight excluding hydrogens is 192 g/mol. The first-order valence-corrected chi connectivity index (χ1v) is 4.49. The van der Waals surface area contributed by atoms with Crippen LogP contribution in [0.5, 0.6) is 0 Å². The molecule has 0 aromatic carbocycles. The molecule has 0 heterocycles. The fourth-order valence-corrected chi connectivity index (χ4v) is 0.731. The molecule has 0 N–H and O–H groups in total. The predicted molar refractivity (Wildman–Crippen MR) is 59.0 cm³/mol. The Morgan fingerprint density at radius 3 is 1.67 bits per heavy atom. The molecule has 0 fully saturated rings. The second kappa shape index (κ2) is 8.69. The minimum atomic E-state index is -0.565. The molecule has 0 aromatic rings. The summed E-state index contributed by atoms with van der Waals surface area (Å²) in [5, 5.41) is 0. The van der Waals surface area contributed by atoms with Crippen LogP contribution in [0.2, 0.25) is 0 Å². The van der Waals surface area contributed by atoms with Gasteiger partial charge in [-0.25, -0.2) is 0 Å². The zero-order valence-electron chi connectivity index (χ0n) is 8.52. The van der Waals surface area contributed by atoms with Crippen molar-refractivity contribution < 1.29 is 14.3 Å². The number of rotatable bonds is 6. The smallest absolute Gasteiger partial charge is 0.317 e. The zero-order valence-corrected chi connectivity index (χ0v) is 8.52. The summed E-state index contributed by atoms with van der Waals surface area (Å²) < 4.78 is 4.49. The lowest BCUT2D eigenvalue weighted by Crippen LogP contribution is -2.10. The van der Waals surface area contributed by atoms with Gasteiger partial charge in [0.05, 0.1) is 12.8 Å². The van der Waals surface area contributed by atoms with Crippen LogP contribution in [0.4, 0.5) is 0 Å². The molecule has 15 heavy (non-hydrogen) atoms. The van der Waals surface area contributed by atoms with Crippen molar-refractivity contribution in [3.63, 3.8) is 0 Å². The third kappa shape index (κ3) is 8.43. The van der Waals surface area contributed by atoms with Gasteiger partial charge in [0.15, 0.2) is 0 Å². The first-order valence-electron chi connectivity index (χ1n) is 4.49. The molecule has 0 bridgehead atoms. The lowest BCUT2D eigenvalue weighted by molar-refractivity contribution is -0.158. The fraction of sp³-hybridized carbons (Fsp3) is 0.167. The largest absolute Gasteiger partial charge is 0.393 e. The maximum Gasteiger partial charge on any atom is 0.317 e. The Kier molecular flexibility index (Phi) is 7.59. The van der Waals surface area contributed by atoms with E-state index in [2.05, 4.69) is 17.9 Å². The van der Waals surface area contributed by atoms with Gasteiger partial charge >= 0.3 is 11.9 Å². The summed E-state index contributed by atoms with van der Waals surface area (Å²) in [6.45, 7) is 6.89. The molecule has 0 aromatic heterocycles. The molecule has 80 valence electrons. The van der Waals surface area contributed by atoms with Crippen LogP contribution in [0.1, 0.15) is 12.8 Å². The van der Waals surface area contributed by atoms with Crippen LogP contribution in [0.3, 0.4) is 0 Å². The van der Waals surface area contributed by atoms with E-state index in [0.29, 0.717) is 0 Å². The third-order valence-corrected chi connectivity index (χ3v) is 1.34. The van der Waals surface area contributed by atoms with Crippen LogP contribution in [0.15, 0.2) is 49.6 Å². The molecule has 0 saturated carbocycles. The SMILES string of the molecule is C=C/C=C/CC(=O)OC(=O)C/C=C/C=C. The summed E-state index contributed by atoms with van der Waals surface area (Å²) in [5.74, 6) is -1.13. The van der Waals surface area contributed by atoms with Gasteiger partial charge in [-0.2, -0.15) is 0 Å². The number of carbonyl (C=O) groups is 2. The van der Waals surface area contributed by atoms with E-state index in [-0.39, 0.29) is 12.8 Å². The van der Waals surface area contributed by atoms with Crippen molar-refractivity contribution >= 4 is 11.9 Å². The van der Waals surface area contributed by atoms with Gasteiger partial charge in [-0.05, 0) is 0 Å². The third-order valence-electron chi connectivity index (χ3n) is 1.34. The summed E-state index contributed by atoms with van der Waals surface area (Å²) >= 11 is 0. The van der Waals surface area contributed by atoms with Crippen LogP contribution >= 0.6 is 0 Å². The van der Waals surface area contributed by atoms with Crippen molar-refractivity contribution in [3.05, 3.63) is 49.6 Å². The van der Waals surface area contributed by atoms with E-state index < -0.39 is 11.9 Å². The highest BCUT2D eigenvalue weighted by Crippen LogP contribution is 1.94. The average molecular weight is 206 g/mol. The molecule has 0 radical (unpaired) electrons. The maximum absolute atomic E-state index is 11.0. The Hall–Kier alpha value is -1.90. The average Bonchev–Trinajstić information content (AvgIpc) is 2.18. The molecule has 0 aliphatic carbocycles. The first kappa shape index (κ1) is 13.1. The van der Waals surface area contributed by atoms with Gasteiger partial charge in [0.2, 0.25) is 0 Å². The highest BCUT2D eigenvalue weighted by Gasteiger charge is 2.06. The fourth-order valence-electron chi connectivity index (χ4n) is 0.731. The van der Waals surface area contributed by atoms with Gasteiger partial charge in [-0.15, -0.1) is 0 Å². The predicted octanol–water partition coefficient (Wildman–Crippen LogP) is 2.32. The Morgan fingerprint density at radius 1 is 0.933 bits per heavy atom. The van der Waals surface area contributed by atoms with Crippen LogP contribution in [0.25, 0.3) is 0 Å². The van der Waals surface area contributed by atoms with Crippen molar-refractivity contribution in [3.8, 4) is 0 Å². The minimum absolute atomic E-state index is 0.0724. The van der Waals surface area contributed by atoms with E-state index in [1.165, 1.54) is 0 Å². The van der Waals surface area contributed by atoms with Gasteiger partial charge < -0.3 is 4.74 Å². The highest BCUT2D eigenvalue weighted by atomic mass is 16.6. The highest BCUT2D eigenvalue weighted by molar-refractivity contribution is 5.86. The quantitative estimate of drug-likeness (QED) is 0.380. The number of carbonyl (C=O) groups excluding carboxylic acids is 2. The van der Waals surface area contributed by atoms with Crippen LogP contribution in [-0.4, -0.2) is 11.9 Å². The number of ether oxygens (including phenoxy) is 1. The number of hydrogen-bond donors (Lipinski definition) is 0. The summed E-state index contributed by atoms with van der Waals surface area (Å²) in [6, 6.07) is 0. The van der Waals surface area contributed by atoms with Crippen LogP contribution in [0, 0.1) is 0 Å². The first-order chi connectivity index (χ1) is 7.20. The molecule has 0 unspecified atom stereocenters. The molecule has 3 heteroatoms. The van der Waals surface area contributed by atoms with Gasteiger partial charge in [-0.1, -0.05) is 49.6 Å². The van der Waals surface area contributed by atoms with E-state index in [0.717, 1.165) is 0 Å². The van der Waals surface area contributed by atoms with E-state index >= 15 is 0 Å². The standard InChI is InChI=1S/C12H14O3/c1-3-5-7-9-11(13)15-12(14)10-8-6-4-2/h3-8H,1-2,9-10H2/b7-5+,8-6+. The van der Waals surface area contributed by atoms with E-state index in [9.17, 15) is 9.59 Å². The van der Waals surface area contributed by atoms with Crippen molar-refractivity contribution in [1.82, 2.24) is 0 Å². The topological polar surface area (TPSA) is 43.4 Å². The summed E-state index contributed by atoms with van der Waals surface area (Å²) in [5.41, 5.74) is 0. The summed E-state index contributed by atoms with van der Waals surface area (Å²) in [4.78, 5) is 22.0. The molecular formula is C12H14O3. The van der Waals surface area contributed by atoms with Gasteiger partial charge in [0.1, 0.15) is 0 Å². The molecule has 0 saturated heterocycles. The second-order valence-corrected chi connectivity index (χ2v) is 2.58. The lowest BCUT2D eigenvalue weighted by Gasteiger charge is -1.97. The van der Waals surface area contributed by atoms with Gasteiger partial charge in [0.25, 0.3) is 0 Å². The lowest BCUT2D eigenvalue weighted by atomic mass is 10.3. The Bertz CT molecular complexity index is 268. The summed E-state index contributed by atoms with van der Waals surface area (Å²) in [7, 11) is 0. The summed E-state index contributed by atoms with van der Waals surface area (Å²) in [6.07, 6.45) is 9.60. The monoisotopic (exact) mass is 206 g/mol. The Balaban J connectivity index is 3.80. The van der Waals surface area contributed by atoms with Gasteiger partial charge in [0, 0.05) is 0 Å². The van der Waals surface area contributed by atoms with Crippen molar-refractivity contribution in [2.24, 2.45) is 0 Å². The van der Waals surface area contributed by atoms with Gasteiger partial charge in [-0.3, -0.25) is 9.59 Å². The van der Waals surface area contributed by atoms with E-state index in [1.807, 2.05) is 0 Å². The number of esters is 2. The molecule has 0 rings (SSSR count). The molecule has 0 amide bonds. The van der Waals surface area contributed by atoms with Crippen molar-refractivity contribution in [2.75, 3.05) is 0 Å². The van der Waals surface area contributed by atoms with Crippen LogP contribution in [-0.2, 0) is 14.3 Å². The maximum atomic E-state index is 11.0. The molecule has 0 spiro atoms. The second-order valence-electron chi connectivity index (χ2n) is 2.58. The van der Waals surface area contributed by atoms with Crippen LogP contribution < -0.4 is 0 Å². The minimum Gasteiger partial charge on any atom is -0.393 e. The molecule has 0 aliphatic heterocycles. The van der Waals surface area contributed by atoms with E-state index in [4.69, 9.17) is 0 Å². The van der Waals surface area contributed by atoms with E-state index in [1.54, 1.807) is 36.5 Å². The van der Waals surface area contributed by atoms with Crippen molar-refractivity contribution in [1.29, 1.82) is 0 Å². The van der Waals surface area contributed by atoms with Crippen molar-refractivity contribution in [2.45, 2.75) is 12.8 Å². The normalized spacial score (nSPS) is 10.4. The molecule has 3 nitrogen and oxygen atoms in total.